The van der Waals surface area contributed by atoms with E-state index in [1.807, 2.05) is 0 Å². The molecule has 2 saturated carbocycles. The van der Waals surface area contributed by atoms with Crippen LogP contribution >= 0.6 is 19.0 Å². The molecule has 2 fully saturated rings. The van der Waals surface area contributed by atoms with Gasteiger partial charge in [0.1, 0.15) is 0 Å². The number of hydrogen-bond acceptors (Lipinski definition) is 2. The van der Waals surface area contributed by atoms with Crippen LogP contribution in [0.3, 0.4) is 0 Å². The molecule has 0 bridgehead atoms. The highest BCUT2D eigenvalue weighted by molar-refractivity contribution is 7.76. The van der Waals surface area contributed by atoms with Crippen LogP contribution in [-0.4, -0.2) is 12.2 Å². The van der Waals surface area contributed by atoms with Crippen molar-refractivity contribution in [2.24, 2.45) is 0 Å². The minimum absolute atomic E-state index is 0.362. The van der Waals surface area contributed by atoms with E-state index in [1.54, 1.807) is 0 Å². The molecule has 2 aliphatic carbocycles. The van der Waals surface area contributed by atoms with E-state index in [9.17, 15) is 0 Å². The number of halogens is 1. The fourth-order valence-corrected chi connectivity index (χ4v) is 4.22. The monoisotopic (exact) mass is 264 g/mol. The Morgan fingerprint density at radius 2 is 1.06 bits per heavy atom. The maximum absolute atomic E-state index is 6.17. The Hall–Kier alpha value is 0.640. The molecule has 0 amide bonds. The summed E-state index contributed by atoms with van der Waals surface area (Å²) in [6.45, 7) is 0. The van der Waals surface area contributed by atoms with Crippen molar-refractivity contribution in [1.82, 2.24) is 0 Å². The van der Waals surface area contributed by atoms with Crippen LogP contribution in [0.4, 0.5) is 0 Å². The molecule has 0 aromatic rings. The maximum atomic E-state index is 6.17. The van der Waals surface area contributed by atoms with E-state index in [0.717, 1.165) is 0 Å². The van der Waals surface area contributed by atoms with E-state index >= 15 is 0 Å². The van der Waals surface area contributed by atoms with Crippen molar-refractivity contribution in [2.75, 3.05) is 0 Å². The summed E-state index contributed by atoms with van der Waals surface area (Å²) in [6.07, 6.45) is 13.2. The molecule has 0 atom stereocenters. The summed E-state index contributed by atoms with van der Waals surface area (Å²) in [4.78, 5) is 0. The molecule has 0 aromatic heterocycles. The largest absolute Gasteiger partial charge is 0.319 e. The number of rotatable bonds is 4. The molecule has 2 aliphatic rings. The van der Waals surface area contributed by atoms with Gasteiger partial charge in [-0.1, -0.05) is 38.5 Å². The van der Waals surface area contributed by atoms with Gasteiger partial charge in [-0.3, -0.25) is 0 Å². The van der Waals surface area contributed by atoms with Gasteiger partial charge in [0.05, 0.1) is 12.2 Å². The Kier molecular flexibility index (Phi) is 5.85. The molecule has 16 heavy (non-hydrogen) atoms. The highest BCUT2D eigenvalue weighted by Crippen LogP contribution is 2.49. The molecule has 0 radical (unpaired) electrons. The molecule has 2 nitrogen and oxygen atoms in total. The van der Waals surface area contributed by atoms with Crippen molar-refractivity contribution in [3.63, 3.8) is 0 Å². The van der Waals surface area contributed by atoms with Crippen LogP contribution in [0, 0.1) is 0 Å². The lowest BCUT2D eigenvalue weighted by Crippen LogP contribution is -2.17. The van der Waals surface area contributed by atoms with Gasteiger partial charge >= 0.3 is 0 Å². The topological polar surface area (TPSA) is 18.5 Å². The van der Waals surface area contributed by atoms with E-state index in [4.69, 9.17) is 20.3 Å². The first-order valence-corrected chi connectivity index (χ1v) is 8.72. The van der Waals surface area contributed by atoms with Crippen LogP contribution < -0.4 is 0 Å². The first-order chi connectivity index (χ1) is 7.84. The predicted octanol–water partition coefficient (Wildman–Crippen LogP) is 5.15. The molecule has 0 heterocycles. The Bertz CT molecular complexity index is 171. The van der Waals surface area contributed by atoms with Crippen LogP contribution in [0.15, 0.2) is 0 Å². The Morgan fingerprint density at radius 3 is 1.44 bits per heavy atom. The summed E-state index contributed by atoms with van der Waals surface area (Å²) < 4.78 is 11.6. The normalized spacial score (nSPS) is 25.1. The molecule has 0 saturated heterocycles. The van der Waals surface area contributed by atoms with Gasteiger partial charge < -0.3 is 9.05 Å². The van der Waals surface area contributed by atoms with Crippen molar-refractivity contribution in [3.05, 3.63) is 0 Å². The third-order valence-corrected chi connectivity index (χ3v) is 4.97. The second kappa shape index (κ2) is 7.16. The van der Waals surface area contributed by atoms with Crippen molar-refractivity contribution in [2.45, 2.75) is 76.4 Å². The lowest BCUT2D eigenvalue weighted by molar-refractivity contribution is 0.110. The van der Waals surface area contributed by atoms with Crippen molar-refractivity contribution >= 4 is 19.0 Å². The summed E-state index contributed by atoms with van der Waals surface area (Å²) >= 11 is 6.17. The van der Waals surface area contributed by atoms with E-state index in [-0.39, 0.29) is 0 Å². The van der Waals surface area contributed by atoms with Crippen LogP contribution in [0.5, 0.6) is 0 Å². The molecular formula is C12H22ClO2P. The highest BCUT2D eigenvalue weighted by Gasteiger charge is 2.23. The first kappa shape index (κ1) is 13.1. The van der Waals surface area contributed by atoms with E-state index in [0.29, 0.717) is 12.2 Å². The van der Waals surface area contributed by atoms with Crippen LogP contribution in [-0.2, 0) is 9.05 Å². The minimum Gasteiger partial charge on any atom is -0.319 e. The summed E-state index contributed by atoms with van der Waals surface area (Å²) in [6, 6.07) is 0. The molecule has 4 heteroatoms. The summed E-state index contributed by atoms with van der Waals surface area (Å²) in [5.41, 5.74) is 0. The summed E-state index contributed by atoms with van der Waals surface area (Å²) in [5.74, 6) is 0. The van der Waals surface area contributed by atoms with Crippen molar-refractivity contribution in [1.29, 1.82) is 0 Å². The standard InChI is InChI=1S/C12H22ClO2P/c13-16(14-11-7-3-1-4-8-11)15-12-9-5-2-6-10-12/h11-12H,1-10H2. The zero-order valence-corrected chi connectivity index (χ0v) is 11.5. The molecule has 0 N–H and O–H groups in total. The van der Waals surface area contributed by atoms with Gasteiger partial charge in [-0.15, -0.1) is 0 Å². The van der Waals surface area contributed by atoms with Gasteiger partial charge in [-0.05, 0) is 36.9 Å². The Morgan fingerprint density at radius 1 is 0.688 bits per heavy atom. The second-order valence-electron chi connectivity index (χ2n) is 4.94. The van der Waals surface area contributed by atoms with E-state index < -0.39 is 7.73 Å². The van der Waals surface area contributed by atoms with Crippen LogP contribution in [0.2, 0.25) is 0 Å². The van der Waals surface area contributed by atoms with Crippen LogP contribution in [0.1, 0.15) is 64.2 Å². The Balaban J connectivity index is 1.64. The first-order valence-electron chi connectivity index (χ1n) is 6.64. The van der Waals surface area contributed by atoms with Crippen LogP contribution in [0.25, 0.3) is 0 Å². The fourth-order valence-electron chi connectivity index (χ4n) is 2.60. The maximum Gasteiger partial charge on any atom is 0.277 e. The molecule has 94 valence electrons. The van der Waals surface area contributed by atoms with Crippen molar-refractivity contribution < 1.29 is 9.05 Å². The van der Waals surface area contributed by atoms with Gasteiger partial charge in [-0.2, -0.15) is 0 Å². The van der Waals surface area contributed by atoms with Gasteiger partial charge in [0.15, 0.2) is 0 Å². The lowest BCUT2D eigenvalue weighted by atomic mass is 9.98. The average molecular weight is 265 g/mol. The average Bonchev–Trinajstić information content (AvgIpc) is 2.31. The zero-order valence-electron chi connectivity index (χ0n) is 9.87. The van der Waals surface area contributed by atoms with Gasteiger partial charge in [-0.25, -0.2) is 0 Å². The Labute approximate surface area is 105 Å². The van der Waals surface area contributed by atoms with E-state index in [2.05, 4.69) is 0 Å². The molecular weight excluding hydrogens is 243 g/mol. The zero-order chi connectivity index (χ0) is 11.2. The predicted molar refractivity (Wildman–Crippen MR) is 68.7 cm³/mol. The SMILES string of the molecule is ClP(OC1CCCCC1)OC1CCCCC1. The molecule has 0 aromatic carbocycles. The van der Waals surface area contributed by atoms with Gasteiger partial charge in [0.25, 0.3) is 7.73 Å². The quantitative estimate of drug-likeness (QED) is 0.654. The molecule has 0 aliphatic heterocycles. The summed E-state index contributed by atoms with van der Waals surface area (Å²) in [5, 5.41) is 0. The van der Waals surface area contributed by atoms with E-state index in [1.165, 1.54) is 64.2 Å². The third kappa shape index (κ3) is 4.49. The molecule has 0 unspecified atom stereocenters. The van der Waals surface area contributed by atoms with Crippen molar-refractivity contribution in [3.8, 4) is 0 Å². The summed E-state index contributed by atoms with van der Waals surface area (Å²) in [7, 11) is -1.15. The van der Waals surface area contributed by atoms with Gasteiger partial charge in [0, 0.05) is 0 Å². The molecule has 0 spiro atoms. The van der Waals surface area contributed by atoms with Gasteiger partial charge in [0.2, 0.25) is 0 Å². The molecule has 2 rings (SSSR count). The fraction of sp³-hybridized carbons (Fsp3) is 1.00. The highest BCUT2D eigenvalue weighted by atomic mass is 35.7. The lowest BCUT2D eigenvalue weighted by Gasteiger charge is -2.27. The second-order valence-corrected chi connectivity index (χ2v) is 6.62. The smallest absolute Gasteiger partial charge is 0.277 e. The minimum atomic E-state index is -1.15. The third-order valence-electron chi connectivity index (χ3n) is 3.57. The number of hydrogen-bond donors (Lipinski definition) is 0.